The number of fused-ring (bicyclic) bond motifs is 1. The van der Waals surface area contributed by atoms with Gasteiger partial charge >= 0.3 is 0 Å². The summed E-state index contributed by atoms with van der Waals surface area (Å²) in [6, 6.07) is 5.41. The van der Waals surface area contributed by atoms with Crippen LogP contribution in [0.15, 0.2) is 29.6 Å². The lowest BCUT2D eigenvalue weighted by molar-refractivity contribution is 0.0625. The fraction of sp³-hybridized carbons (Fsp3) is 0.529. The molecule has 1 aliphatic carbocycles. The molecule has 0 radical (unpaired) electrons. The Morgan fingerprint density at radius 1 is 1.29 bits per heavy atom. The monoisotopic (exact) mass is 349 g/mol. The fourth-order valence-electron chi connectivity index (χ4n) is 3.62. The minimum absolute atomic E-state index is 0.0912. The van der Waals surface area contributed by atoms with Crippen molar-refractivity contribution in [2.24, 2.45) is 5.92 Å². The highest BCUT2D eigenvalue weighted by molar-refractivity contribution is 7.90. The number of sulfone groups is 1. The number of rotatable bonds is 3. The first-order valence-corrected chi connectivity index (χ1v) is 10.1. The van der Waals surface area contributed by atoms with Crippen LogP contribution in [-0.2, 0) is 9.84 Å². The predicted octanol–water partition coefficient (Wildman–Crippen LogP) is 2.39. The summed E-state index contributed by atoms with van der Waals surface area (Å²) in [5.74, 6) is 0.225. The van der Waals surface area contributed by atoms with E-state index in [-0.39, 0.29) is 22.8 Å². The van der Waals surface area contributed by atoms with Gasteiger partial charge in [-0.15, -0.1) is 0 Å². The highest BCUT2D eigenvalue weighted by Gasteiger charge is 2.31. The number of aromatic nitrogens is 2. The first kappa shape index (κ1) is 17.0. The second-order valence-electron chi connectivity index (χ2n) is 6.72. The Labute approximate surface area is 142 Å². The van der Waals surface area contributed by atoms with Crippen LogP contribution in [0.4, 0.5) is 0 Å². The maximum absolute atomic E-state index is 13.0. The minimum atomic E-state index is -3.52. The number of amides is 1. The maximum atomic E-state index is 13.0. The molecule has 2 heterocycles. The first-order valence-electron chi connectivity index (χ1n) is 8.25. The van der Waals surface area contributed by atoms with Gasteiger partial charge in [0.2, 0.25) is 15.0 Å². The summed E-state index contributed by atoms with van der Waals surface area (Å²) in [5.41, 5.74) is 0.731. The van der Waals surface area contributed by atoms with Crippen LogP contribution < -0.4 is 0 Å². The third-order valence-electron chi connectivity index (χ3n) is 4.93. The standard InChI is InChI=1S/C17H23N3O3S/c1-12-8-4-5-9-13(12)19(2)16(21)15-14-10-6-7-11-20(14)17(18-15)24(3,22)23/h6-7,10-13H,4-5,8-9H2,1-3H3/t12-,13-/m1/s1. The van der Waals surface area contributed by atoms with Crippen LogP contribution >= 0.6 is 0 Å². The number of carbonyl (C=O) groups excluding carboxylic acids is 1. The van der Waals surface area contributed by atoms with Crippen molar-refractivity contribution in [1.29, 1.82) is 0 Å². The molecule has 0 bridgehead atoms. The Morgan fingerprint density at radius 3 is 2.67 bits per heavy atom. The molecule has 24 heavy (non-hydrogen) atoms. The number of hydrogen-bond acceptors (Lipinski definition) is 4. The third kappa shape index (κ3) is 2.92. The van der Waals surface area contributed by atoms with Gasteiger partial charge in [-0.25, -0.2) is 13.4 Å². The van der Waals surface area contributed by atoms with E-state index >= 15 is 0 Å². The van der Waals surface area contributed by atoms with E-state index in [2.05, 4.69) is 11.9 Å². The van der Waals surface area contributed by atoms with E-state index in [0.717, 1.165) is 25.5 Å². The van der Waals surface area contributed by atoms with Crippen molar-refractivity contribution in [3.63, 3.8) is 0 Å². The topological polar surface area (TPSA) is 71.8 Å². The molecule has 1 amide bonds. The van der Waals surface area contributed by atoms with Crippen molar-refractivity contribution in [2.75, 3.05) is 13.3 Å². The van der Waals surface area contributed by atoms with E-state index in [4.69, 9.17) is 0 Å². The van der Waals surface area contributed by atoms with Crippen LogP contribution in [0.5, 0.6) is 0 Å². The Balaban J connectivity index is 2.04. The Kier molecular flexibility index (Phi) is 4.38. The van der Waals surface area contributed by atoms with Crippen molar-refractivity contribution in [1.82, 2.24) is 14.3 Å². The lowest BCUT2D eigenvalue weighted by atomic mass is 9.85. The lowest BCUT2D eigenvalue weighted by Crippen LogP contribution is -2.42. The third-order valence-corrected chi connectivity index (χ3v) is 5.89. The summed E-state index contributed by atoms with van der Waals surface area (Å²) in [6.45, 7) is 2.17. The number of imidazole rings is 1. The highest BCUT2D eigenvalue weighted by Crippen LogP contribution is 2.29. The molecule has 7 heteroatoms. The minimum Gasteiger partial charge on any atom is -0.337 e. The molecule has 0 N–H and O–H groups in total. The number of nitrogens with zero attached hydrogens (tertiary/aromatic N) is 3. The van der Waals surface area contributed by atoms with Crippen LogP contribution in [0.25, 0.3) is 5.52 Å². The molecule has 2 aromatic heterocycles. The number of hydrogen-bond donors (Lipinski definition) is 0. The molecule has 2 atom stereocenters. The van der Waals surface area contributed by atoms with E-state index in [1.54, 1.807) is 36.3 Å². The van der Waals surface area contributed by atoms with Crippen molar-refractivity contribution in [3.05, 3.63) is 30.1 Å². The van der Waals surface area contributed by atoms with Gasteiger partial charge in [0.05, 0.1) is 5.52 Å². The van der Waals surface area contributed by atoms with Gasteiger partial charge in [-0.05, 0) is 30.9 Å². The largest absolute Gasteiger partial charge is 0.337 e. The van der Waals surface area contributed by atoms with Gasteiger partial charge in [0, 0.05) is 25.5 Å². The van der Waals surface area contributed by atoms with Crippen molar-refractivity contribution >= 4 is 21.3 Å². The van der Waals surface area contributed by atoms with Crippen LogP contribution in [0.3, 0.4) is 0 Å². The van der Waals surface area contributed by atoms with Crippen LogP contribution in [0.1, 0.15) is 43.1 Å². The van der Waals surface area contributed by atoms with Crippen molar-refractivity contribution < 1.29 is 13.2 Å². The molecule has 3 rings (SSSR count). The van der Waals surface area contributed by atoms with E-state index in [1.807, 2.05) is 0 Å². The number of carbonyl (C=O) groups is 1. The fourth-order valence-corrected chi connectivity index (χ4v) is 4.39. The highest BCUT2D eigenvalue weighted by atomic mass is 32.2. The quantitative estimate of drug-likeness (QED) is 0.853. The molecule has 1 aliphatic rings. The average Bonchev–Trinajstić information content (AvgIpc) is 2.94. The molecule has 2 aromatic rings. The van der Waals surface area contributed by atoms with Crippen LogP contribution in [0.2, 0.25) is 0 Å². The van der Waals surface area contributed by atoms with E-state index in [0.29, 0.717) is 11.4 Å². The summed E-state index contributed by atoms with van der Waals surface area (Å²) >= 11 is 0. The molecular formula is C17H23N3O3S. The molecule has 6 nitrogen and oxygen atoms in total. The van der Waals surface area contributed by atoms with Gasteiger partial charge in [-0.2, -0.15) is 0 Å². The second kappa shape index (κ2) is 6.20. The number of pyridine rings is 1. The Hall–Kier alpha value is -1.89. The van der Waals surface area contributed by atoms with Gasteiger partial charge in [0.15, 0.2) is 5.69 Å². The molecular weight excluding hydrogens is 326 g/mol. The normalized spacial score (nSPS) is 21.8. The molecule has 0 spiro atoms. The van der Waals surface area contributed by atoms with Gasteiger partial charge < -0.3 is 4.90 Å². The van der Waals surface area contributed by atoms with Crippen LogP contribution in [0, 0.1) is 5.92 Å². The van der Waals surface area contributed by atoms with E-state index < -0.39 is 9.84 Å². The lowest BCUT2D eigenvalue weighted by Gasteiger charge is -2.36. The van der Waals surface area contributed by atoms with E-state index in [9.17, 15) is 13.2 Å². The molecule has 0 aliphatic heterocycles. The summed E-state index contributed by atoms with van der Waals surface area (Å²) in [7, 11) is -1.73. The maximum Gasteiger partial charge on any atom is 0.274 e. The Morgan fingerprint density at radius 2 is 2.00 bits per heavy atom. The zero-order valence-corrected chi connectivity index (χ0v) is 15.1. The SMILES string of the molecule is C[C@@H]1CCCC[C@H]1N(C)C(=O)c1nc(S(C)(=O)=O)n2ccccc12. The predicted molar refractivity (Wildman–Crippen MR) is 91.8 cm³/mol. The summed E-state index contributed by atoms with van der Waals surface area (Å²) < 4.78 is 25.5. The molecule has 0 aromatic carbocycles. The molecule has 1 saturated carbocycles. The zero-order valence-electron chi connectivity index (χ0n) is 14.3. The second-order valence-corrected chi connectivity index (χ2v) is 8.63. The molecule has 130 valence electrons. The van der Waals surface area contributed by atoms with Gasteiger partial charge in [-0.3, -0.25) is 9.20 Å². The van der Waals surface area contributed by atoms with Gasteiger partial charge in [0.25, 0.3) is 5.91 Å². The van der Waals surface area contributed by atoms with E-state index in [1.165, 1.54) is 10.8 Å². The summed E-state index contributed by atoms with van der Waals surface area (Å²) in [5, 5.41) is -0.0912. The van der Waals surface area contributed by atoms with Crippen LogP contribution in [-0.4, -0.2) is 48.0 Å². The van der Waals surface area contributed by atoms with Gasteiger partial charge in [-0.1, -0.05) is 25.8 Å². The van der Waals surface area contributed by atoms with Crippen molar-refractivity contribution in [3.8, 4) is 0 Å². The summed E-state index contributed by atoms with van der Waals surface area (Å²) in [4.78, 5) is 18.9. The molecule has 0 saturated heterocycles. The average molecular weight is 349 g/mol. The summed E-state index contributed by atoms with van der Waals surface area (Å²) in [6.07, 6.45) is 7.14. The van der Waals surface area contributed by atoms with Crippen molar-refractivity contribution in [2.45, 2.75) is 43.8 Å². The van der Waals surface area contributed by atoms with Gasteiger partial charge in [0.1, 0.15) is 0 Å². The molecule has 1 fully saturated rings. The zero-order chi connectivity index (χ0) is 17.5. The molecule has 0 unspecified atom stereocenters. The first-order chi connectivity index (χ1) is 11.3. The Bertz CT molecular complexity index is 872. The smallest absolute Gasteiger partial charge is 0.274 e.